The third kappa shape index (κ3) is 3.33. The Bertz CT molecular complexity index is 258. The summed E-state index contributed by atoms with van der Waals surface area (Å²) in [6.45, 7) is 2.21. The molecule has 0 saturated carbocycles. The maximum absolute atomic E-state index is 5.90. The van der Waals surface area contributed by atoms with Gasteiger partial charge in [-0.1, -0.05) is 13.3 Å². The van der Waals surface area contributed by atoms with Crippen LogP contribution in [0.2, 0.25) is 0 Å². The molecule has 2 nitrogen and oxygen atoms in total. The number of hydrogen-bond donors (Lipinski definition) is 0. The van der Waals surface area contributed by atoms with E-state index in [9.17, 15) is 0 Å². The highest BCUT2D eigenvalue weighted by Crippen LogP contribution is 2.16. The van der Waals surface area contributed by atoms with Gasteiger partial charge in [-0.15, -0.1) is 11.6 Å². The molecule has 0 amide bonds. The molecule has 0 aliphatic carbocycles. The van der Waals surface area contributed by atoms with E-state index >= 15 is 0 Å². The largest absolute Gasteiger partial charge is 0.273 e. The van der Waals surface area contributed by atoms with Gasteiger partial charge >= 0.3 is 0 Å². The van der Waals surface area contributed by atoms with Crippen LogP contribution in [0, 0.1) is 5.92 Å². The summed E-state index contributed by atoms with van der Waals surface area (Å²) in [5.74, 6) is 1.45. The molecule has 0 aromatic carbocycles. The Balaban J connectivity index is 2.35. The van der Waals surface area contributed by atoms with Crippen LogP contribution < -0.4 is 0 Å². The van der Waals surface area contributed by atoms with Crippen molar-refractivity contribution in [1.29, 1.82) is 0 Å². The lowest BCUT2D eigenvalue weighted by molar-refractivity contribution is 0.483. The van der Waals surface area contributed by atoms with Gasteiger partial charge in [-0.05, 0) is 31.2 Å². The summed E-state index contributed by atoms with van der Waals surface area (Å²) in [7, 11) is 1.99. The van der Waals surface area contributed by atoms with Crippen molar-refractivity contribution in [2.24, 2.45) is 13.0 Å². The van der Waals surface area contributed by atoms with Crippen molar-refractivity contribution in [3.8, 4) is 0 Å². The molecule has 0 spiro atoms. The van der Waals surface area contributed by atoms with Gasteiger partial charge in [0, 0.05) is 24.8 Å². The van der Waals surface area contributed by atoms with Crippen LogP contribution in [0.3, 0.4) is 0 Å². The lowest BCUT2D eigenvalue weighted by Crippen LogP contribution is -2.06. The number of alkyl halides is 1. The summed E-state index contributed by atoms with van der Waals surface area (Å²) >= 11 is 5.90. The molecule has 0 aliphatic rings. The monoisotopic (exact) mass is 214 g/mol. The van der Waals surface area contributed by atoms with Gasteiger partial charge < -0.3 is 0 Å². The fourth-order valence-electron chi connectivity index (χ4n) is 1.71. The molecule has 1 unspecified atom stereocenters. The molecule has 1 heterocycles. The van der Waals surface area contributed by atoms with Crippen molar-refractivity contribution in [1.82, 2.24) is 9.78 Å². The van der Waals surface area contributed by atoms with E-state index in [1.165, 1.54) is 25.0 Å². The van der Waals surface area contributed by atoms with Crippen LogP contribution in [0.15, 0.2) is 12.3 Å². The first-order valence-corrected chi connectivity index (χ1v) is 5.84. The first-order chi connectivity index (χ1) is 6.77. The van der Waals surface area contributed by atoms with E-state index in [1.54, 1.807) is 0 Å². The highest BCUT2D eigenvalue weighted by atomic mass is 35.5. The van der Waals surface area contributed by atoms with Crippen molar-refractivity contribution in [3.05, 3.63) is 18.0 Å². The van der Waals surface area contributed by atoms with E-state index in [4.69, 9.17) is 11.6 Å². The predicted molar refractivity (Wildman–Crippen MR) is 60.6 cm³/mol. The summed E-state index contributed by atoms with van der Waals surface area (Å²) in [6, 6.07) is 2.08. The van der Waals surface area contributed by atoms with Gasteiger partial charge in [0.05, 0.1) is 0 Å². The molecule has 3 heteroatoms. The molecule has 80 valence electrons. The van der Waals surface area contributed by atoms with Gasteiger partial charge in [0.25, 0.3) is 0 Å². The maximum Gasteiger partial charge on any atom is 0.0492 e. The van der Waals surface area contributed by atoms with Crippen LogP contribution in [0.4, 0.5) is 0 Å². The zero-order valence-electron chi connectivity index (χ0n) is 9.04. The van der Waals surface area contributed by atoms with Gasteiger partial charge in [-0.3, -0.25) is 4.68 Å². The van der Waals surface area contributed by atoms with Gasteiger partial charge in [-0.25, -0.2) is 0 Å². The first-order valence-electron chi connectivity index (χ1n) is 5.30. The molecule has 0 aliphatic heterocycles. The number of nitrogens with zero attached hydrogens (tertiary/aromatic N) is 2. The molecule has 0 N–H and O–H groups in total. The number of hydrogen-bond acceptors (Lipinski definition) is 1. The van der Waals surface area contributed by atoms with Crippen molar-refractivity contribution >= 4 is 11.6 Å². The molecule has 0 fully saturated rings. The zero-order chi connectivity index (χ0) is 10.4. The molecule has 0 radical (unpaired) electrons. The van der Waals surface area contributed by atoms with E-state index in [1.807, 2.05) is 17.9 Å². The van der Waals surface area contributed by atoms with Crippen molar-refractivity contribution < 1.29 is 0 Å². The summed E-state index contributed by atoms with van der Waals surface area (Å²) in [6.07, 6.45) is 6.58. The standard InChI is InChI=1S/C11H19ClN2/c1-3-4-10(9-12)5-6-11-7-8-13-14(11)2/h7-8,10H,3-6,9H2,1-2H3. The molecule has 0 saturated heterocycles. The molecule has 1 aromatic heterocycles. The number of halogens is 1. The molecular weight excluding hydrogens is 196 g/mol. The summed E-state index contributed by atoms with van der Waals surface area (Å²) in [5, 5.41) is 4.15. The number of aryl methyl sites for hydroxylation is 2. The van der Waals surface area contributed by atoms with Crippen molar-refractivity contribution in [2.75, 3.05) is 5.88 Å². The van der Waals surface area contributed by atoms with Gasteiger partial charge in [0.15, 0.2) is 0 Å². The van der Waals surface area contributed by atoms with Crippen molar-refractivity contribution in [2.45, 2.75) is 32.6 Å². The second kappa shape index (κ2) is 6.07. The number of aromatic nitrogens is 2. The lowest BCUT2D eigenvalue weighted by atomic mass is 9.99. The fourth-order valence-corrected chi connectivity index (χ4v) is 2.01. The molecular formula is C11H19ClN2. The Morgan fingerprint density at radius 1 is 1.50 bits per heavy atom. The maximum atomic E-state index is 5.90. The Hall–Kier alpha value is -0.500. The molecule has 1 atom stereocenters. The minimum Gasteiger partial charge on any atom is -0.273 e. The van der Waals surface area contributed by atoms with E-state index in [-0.39, 0.29) is 0 Å². The minimum atomic E-state index is 0.663. The topological polar surface area (TPSA) is 17.8 Å². The highest BCUT2D eigenvalue weighted by Gasteiger charge is 2.07. The van der Waals surface area contributed by atoms with Crippen LogP contribution >= 0.6 is 11.6 Å². The second-order valence-electron chi connectivity index (χ2n) is 3.79. The summed E-state index contributed by atoms with van der Waals surface area (Å²) in [5.41, 5.74) is 1.30. The van der Waals surface area contributed by atoms with Crippen LogP contribution in [0.5, 0.6) is 0 Å². The van der Waals surface area contributed by atoms with Crippen molar-refractivity contribution in [3.63, 3.8) is 0 Å². The quantitative estimate of drug-likeness (QED) is 0.666. The van der Waals surface area contributed by atoms with E-state index in [0.29, 0.717) is 5.92 Å². The molecule has 1 rings (SSSR count). The van der Waals surface area contributed by atoms with Crippen LogP contribution in [0.25, 0.3) is 0 Å². The third-order valence-corrected chi connectivity index (χ3v) is 3.08. The minimum absolute atomic E-state index is 0.663. The van der Waals surface area contributed by atoms with Crippen LogP contribution in [0.1, 0.15) is 31.9 Å². The third-order valence-electron chi connectivity index (χ3n) is 2.65. The molecule has 0 bridgehead atoms. The Morgan fingerprint density at radius 2 is 2.29 bits per heavy atom. The van der Waals surface area contributed by atoms with Crippen LogP contribution in [-0.4, -0.2) is 15.7 Å². The van der Waals surface area contributed by atoms with Gasteiger partial charge in [0.1, 0.15) is 0 Å². The number of rotatable bonds is 6. The van der Waals surface area contributed by atoms with E-state index < -0.39 is 0 Å². The smallest absolute Gasteiger partial charge is 0.0492 e. The highest BCUT2D eigenvalue weighted by molar-refractivity contribution is 6.18. The Morgan fingerprint density at radius 3 is 2.79 bits per heavy atom. The lowest BCUT2D eigenvalue weighted by Gasteiger charge is -2.12. The second-order valence-corrected chi connectivity index (χ2v) is 4.10. The SMILES string of the molecule is CCCC(CCl)CCc1ccnn1C. The first kappa shape index (κ1) is 11.6. The normalized spacial score (nSPS) is 13.1. The Kier molecular flexibility index (Phi) is 5.02. The van der Waals surface area contributed by atoms with Gasteiger partial charge in [0.2, 0.25) is 0 Å². The molecule has 1 aromatic rings. The summed E-state index contributed by atoms with van der Waals surface area (Å²) < 4.78 is 1.94. The average molecular weight is 215 g/mol. The Labute approximate surface area is 91.3 Å². The van der Waals surface area contributed by atoms with Gasteiger partial charge in [-0.2, -0.15) is 5.10 Å². The van der Waals surface area contributed by atoms with E-state index in [0.717, 1.165) is 12.3 Å². The van der Waals surface area contributed by atoms with E-state index in [2.05, 4.69) is 18.1 Å². The predicted octanol–water partition coefficient (Wildman–Crippen LogP) is 3.01. The molecule has 14 heavy (non-hydrogen) atoms. The average Bonchev–Trinajstić information content (AvgIpc) is 2.59. The van der Waals surface area contributed by atoms with Crippen LogP contribution in [-0.2, 0) is 13.5 Å². The fraction of sp³-hybridized carbons (Fsp3) is 0.727. The summed E-state index contributed by atoms with van der Waals surface area (Å²) in [4.78, 5) is 0. The zero-order valence-corrected chi connectivity index (χ0v) is 9.80.